The van der Waals surface area contributed by atoms with E-state index in [4.69, 9.17) is 5.73 Å². The summed E-state index contributed by atoms with van der Waals surface area (Å²) in [6.45, 7) is 1.94. The summed E-state index contributed by atoms with van der Waals surface area (Å²) >= 11 is 0. The monoisotopic (exact) mass is 303 g/mol. The van der Waals surface area contributed by atoms with Crippen molar-refractivity contribution in [2.24, 2.45) is 5.73 Å². The van der Waals surface area contributed by atoms with Crippen LogP contribution < -0.4 is 10.6 Å². The molecule has 0 aliphatic carbocycles. The van der Waals surface area contributed by atoms with E-state index in [2.05, 4.69) is 0 Å². The first-order valence-electron chi connectivity index (χ1n) is 6.56. The second kappa shape index (κ2) is 6.80. The van der Waals surface area contributed by atoms with Gasteiger partial charge in [-0.05, 0) is 24.6 Å². The van der Waals surface area contributed by atoms with E-state index in [1.165, 1.54) is 15.9 Å². The molecule has 1 rings (SSSR count). The Labute approximate surface area is 122 Å². The highest BCUT2D eigenvalue weighted by Gasteiger charge is 2.35. The molecule has 0 aromatic heterocycles. The van der Waals surface area contributed by atoms with Crippen LogP contribution in [0.15, 0.2) is 18.2 Å². The number of anilines is 1. The van der Waals surface area contributed by atoms with Crippen molar-refractivity contribution in [2.45, 2.75) is 19.6 Å². The largest absolute Gasteiger partial charge is 0.418 e. The minimum atomic E-state index is -4.49. The maximum absolute atomic E-state index is 13.2. The molecule has 118 valence electrons. The van der Waals surface area contributed by atoms with Gasteiger partial charge in [0.25, 0.3) is 0 Å². The molecule has 7 heteroatoms. The Bertz CT molecular complexity index is 501. The number of likely N-dealkylation sites (N-methyl/N-ethyl adjacent to an activating group) is 2. The zero-order valence-corrected chi connectivity index (χ0v) is 12.4. The predicted molar refractivity (Wildman–Crippen MR) is 75.9 cm³/mol. The third-order valence-electron chi connectivity index (χ3n) is 3.15. The van der Waals surface area contributed by atoms with Crippen molar-refractivity contribution in [3.8, 4) is 0 Å². The highest BCUT2D eigenvalue weighted by molar-refractivity contribution is 5.81. The number of nitrogens with two attached hydrogens (primary N) is 1. The first-order valence-corrected chi connectivity index (χ1v) is 6.56. The summed E-state index contributed by atoms with van der Waals surface area (Å²) in [6.07, 6.45) is -4.49. The molecule has 2 N–H and O–H groups in total. The number of rotatable bonds is 5. The molecule has 1 amide bonds. The smallest absolute Gasteiger partial charge is 0.362 e. The van der Waals surface area contributed by atoms with Gasteiger partial charge in [-0.3, -0.25) is 4.79 Å². The number of carbonyl (C=O) groups is 1. The summed E-state index contributed by atoms with van der Waals surface area (Å²) in [5.41, 5.74) is 5.04. The Morgan fingerprint density at radius 3 is 2.33 bits per heavy atom. The van der Waals surface area contributed by atoms with E-state index in [-0.39, 0.29) is 24.7 Å². The van der Waals surface area contributed by atoms with E-state index in [9.17, 15) is 18.0 Å². The van der Waals surface area contributed by atoms with Crippen LogP contribution in [0, 0.1) is 0 Å². The molecular formula is C14H20F3N3O. The van der Waals surface area contributed by atoms with E-state index >= 15 is 0 Å². The fourth-order valence-corrected chi connectivity index (χ4v) is 1.88. The van der Waals surface area contributed by atoms with Gasteiger partial charge in [0.1, 0.15) is 0 Å². The van der Waals surface area contributed by atoms with Crippen LogP contribution in [-0.2, 0) is 17.5 Å². The highest BCUT2D eigenvalue weighted by Crippen LogP contribution is 2.37. The Balaban J connectivity index is 3.22. The fraction of sp³-hybridized carbons (Fsp3) is 0.500. The van der Waals surface area contributed by atoms with Crippen molar-refractivity contribution in [1.82, 2.24) is 4.90 Å². The minimum Gasteiger partial charge on any atom is -0.362 e. The number of amides is 1. The van der Waals surface area contributed by atoms with E-state index in [0.29, 0.717) is 12.1 Å². The predicted octanol–water partition coefficient (Wildman–Crippen LogP) is 2.08. The van der Waals surface area contributed by atoms with Gasteiger partial charge in [0.15, 0.2) is 0 Å². The van der Waals surface area contributed by atoms with Crippen molar-refractivity contribution in [2.75, 3.05) is 32.1 Å². The van der Waals surface area contributed by atoms with Crippen LogP contribution in [0.2, 0.25) is 0 Å². The van der Waals surface area contributed by atoms with Crippen LogP contribution in [-0.4, -0.2) is 38.0 Å². The number of alkyl halides is 3. The minimum absolute atomic E-state index is 0.00241. The number of carbonyl (C=O) groups excluding carboxylic acids is 1. The molecule has 0 bridgehead atoms. The van der Waals surface area contributed by atoms with Gasteiger partial charge in [0, 0.05) is 32.9 Å². The fourth-order valence-electron chi connectivity index (χ4n) is 1.88. The van der Waals surface area contributed by atoms with Gasteiger partial charge < -0.3 is 15.5 Å². The van der Waals surface area contributed by atoms with Crippen LogP contribution >= 0.6 is 0 Å². The summed E-state index contributed by atoms with van der Waals surface area (Å²) in [6, 6.07) is 3.96. The molecule has 0 aliphatic heterocycles. The third kappa shape index (κ3) is 4.35. The molecule has 0 spiro atoms. The van der Waals surface area contributed by atoms with Crippen LogP contribution in [0.4, 0.5) is 18.9 Å². The summed E-state index contributed by atoms with van der Waals surface area (Å²) in [4.78, 5) is 14.5. The Hall–Kier alpha value is -1.76. The first kappa shape index (κ1) is 17.3. The molecule has 0 fully saturated rings. The van der Waals surface area contributed by atoms with E-state index in [1.54, 1.807) is 27.1 Å². The lowest BCUT2D eigenvalue weighted by Crippen LogP contribution is -2.37. The molecule has 0 saturated carbocycles. The molecule has 21 heavy (non-hydrogen) atoms. The van der Waals surface area contributed by atoms with Gasteiger partial charge in [0.2, 0.25) is 5.91 Å². The Kier molecular flexibility index (Phi) is 5.60. The SMILES string of the molecule is CCN(CC(=O)N(C)C)c1ccc(CN)cc1C(F)(F)F. The zero-order valence-electron chi connectivity index (χ0n) is 12.4. The molecule has 4 nitrogen and oxygen atoms in total. The average Bonchev–Trinajstić information content (AvgIpc) is 2.42. The molecule has 0 heterocycles. The molecule has 0 aliphatic rings. The maximum Gasteiger partial charge on any atom is 0.418 e. The van der Waals surface area contributed by atoms with Crippen molar-refractivity contribution < 1.29 is 18.0 Å². The first-order chi connectivity index (χ1) is 9.70. The normalized spacial score (nSPS) is 11.4. The van der Waals surface area contributed by atoms with Crippen LogP contribution in [0.25, 0.3) is 0 Å². The van der Waals surface area contributed by atoms with Gasteiger partial charge >= 0.3 is 6.18 Å². The van der Waals surface area contributed by atoms with Gasteiger partial charge in [0.05, 0.1) is 12.1 Å². The number of nitrogens with zero attached hydrogens (tertiary/aromatic N) is 2. The van der Waals surface area contributed by atoms with Gasteiger partial charge in [-0.25, -0.2) is 0 Å². The molecule has 1 aromatic rings. The average molecular weight is 303 g/mol. The standard InChI is InChI=1S/C14H20F3N3O/c1-4-20(9-13(21)19(2)3)12-6-5-10(8-18)7-11(12)14(15,16)17/h5-7H,4,8-9,18H2,1-3H3. The molecule has 0 unspecified atom stereocenters. The summed E-state index contributed by atoms with van der Waals surface area (Å²) < 4.78 is 39.6. The number of halogens is 3. The van der Waals surface area contributed by atoms with Gasteiger partial charge in [-0.15, -0.1) is 0 Å². The quantitative estimate of drug-likeness (QED) is 0.906. The zero-order chi connectivity index (χ0) is 16.2. The lowest BCUT2D eigenvalue weighted by molar-refractivity contribution is -0.137. The number of benzene rings is 1. The molecule has 0 radical (unpaired) electrons. The van der Waals surface area contributed by atoms with Crippen LogP contribution in [0.1, 0.15) is 18.1 Å². The van der Waals surface area contributed by atoms with E-state index < -0.39 is 11.7 Å². The number of hydrogen-bond donors (Lipinski definition) is 1. The maximum atomic E-state index is 13.2. The van der Waals surface area contributed by atoms with Crippen molar-refractivity contribution in [3.63, 3.8) is 0 Å². The summed E-state index contributed by atoms with van der Waals surface area (Å²) in [7, 11) is 3.14. The Morgan fingerprint density at radius 1 is 1.29 bits per heavy atom. The Morgan fingerprint density at radius 2 is 1.90 bits per heavy atom. The van der Waals surface area contributed by atoms with Crippen LogP contribution in [0.5, 0.6) is 0 Å². The number of hydrogen-bond acceptors (Lipinski definition) is 3. The topological polar surface area (TPSA) is 49.6 Å². The lowest BCUT2D eigenvalue weighted by atomic mass is 10.1. The van der Waals surface area contributed by atoms with Crippen molar-refractivity contribution >= 4 is 11.6 Å². The molecule has 1 aromatic carbocycles. The summed E-state index contributed by atoms with van der Waals surface area (Å²) in [5.74, 6) is -0.257. The third-order valence-corrected chi connectivity index (χ3v) is 3.15. The molecule has 0 atom stereocenters. The second-order valence-corrected chi connectivity index (χ2v) is 4.86. The van der Waals surface area contributed by atoms with Gasteiger partial charge in [-0.2, -0.15) is 13.2 Å². The highest BCUT2D eigenvalue weighted by atomic mass is 19.4. The van der Waals surface area contributed by atoms with Crippen molar-refractivity contribution in [3.05, 3.63) is 29.3 Å². The lowest BCUT2D eigenvalue weighted by Gasteiger charge is -2.27. The van der Waals surface area contributed by atoms with Crippen LogP contribution in [0.3, 0.4) is 0 Å². The molecular weight excluding hydrogens is 283 g/mol. The van der Waals surface area contributed by atoms with Gasteiger partial charge in [-0.1, -0.05) is 6.07 Å². The van der Waals surface area contributed by atoms with E-state index in [0.717, 1.165) is 6.07 Å². The van der Waals surface area contributed by atoms with E-state index in [1.807, 2.05) is 0 Å². The summed E-state index contributed by atoms with van der Waals surface area (Å²) in [5, 5.41) is 0. The van der Waals surface area contributed by atoms with Crippen molar-refractivity contribution in [1.29, 1.82) is 0 Å². The second-order valence-electron chi connectivity index (χ2n) is 4.86. The molecule has 0 saturated heterocycles.